The van der Waals surface area contributed by atoms with Crippen molar-refractivity contribution in [1.29, 1.82) is 0 Å². The van der Waals surface area contributed by atoms with Crippen molar-refractivity contribution in [1.82, 2.24) is 14.8 Å². The molecule has 128 valence electrons. The van der Waals surface area contributed by atoms with E-state index in [1.54, 1.807) is 11.3 Å². The number of hydrogen-bond donors (Lipinski definition) is 0. The van der Waals surface area contributed by atoms with Crippen molar-refractivity contribution in [3.05, 3.63) is 16.1 Å². The van der Waals surface area contributed by atoms with Gasteiger partial charge in [-0.1, -0.05) is 0 Å². The Morgan fingerprint density at radius 2 is 2.39 bits per heavy atom. The van der Waals surface area contributed by atoms with Crippen molar-refractivity contribution >= 4 is 17.2 Å². The van der Waals surface area contributed by atoms with E-state index in [9.17, 15) is 4.79 Å². The van der Waals surface area contributed by atoms with Crippen LogP contribution in [0.1, 0.15) is 29.8 Å². The fourth-order valence-corrected chi connectivity index (χ4v) is 4.46. The molecule has 0 aliphatic carbocycles. The maximum absolute atomic E-state index is 12.6. The second-order valence-corrected chi connectivity index (χ2v) is 7.85. The van der Waals surface area contributed by atoms with Crippen molar-refractivity contribution in [3.63, 3.8) is 0 Å². The van der Waals surface area contributed by atoms with E-state index in [4.69, 9.17) is 4.74 Å². The smallest absolute Gasteiger partial charge is 0.228 e. The third kappa shape index (κ3) is 4.31. The van der Waals surface area contributed by atoms with Crippen LogP contribution in [0, 0.1) is 18.8 Å². The summed E-state index contributed by atoms with van der Waals surface area (Å²) in [6.45, 7) is 7.31. The van der Waals surface area contributed by atoms with Gasteiger partial charge < -0.3 is 14.5 Å². The highest BCUT2D eigenvalue weighted by Gasteiger charge is 2.32. The summed E-state index contributed by atoms with van der Waals surface area (Å²) in [4.78, 5) is 22.6. The SMILES string of the molecule is Cc1ncsc1CN(C)C[C@H]1CCN(C(=O)[C@H]2CCCOC2)C1. The molecule has 1 amide bonds. The highest BCUT2D eigenvalue weighted by molar-refractivity contribution is 7.09. The molecule has 5 nitrogen and oxygen atoms in total. The van der Waals surface area contributed by atoms with Crippen molar-refractivity contribution in [2.24, 2.45) is 11.8 Å². The van der Waals surface area contributed by atoms with Gasteiger partial charge in [-0.15, -0.1) is 11.3 Å². The number of aromatic nitrogens is 1. The largest absolute Gasteiger partial charge is 0.381 e. The topological polar surface area (TPSA) is 45.7 Å². The summed E-state index contributed by atoms with van der Waals surface area (Å²) < 4.78 is 5.46. The summed E-state index contributed by atoms with van der Waals surface area (Å²) in [5, 5.41) is 0. The van der Waals surface area contributed by atoms with E-state index in [2.05, 4.69) is 28.8 Å². The summed E-state index contributed by atoms with van der Waals surface area (Å²) in [6, 6.07) is 0. The van der Waals surface area contributed by atoms with Gasteiger partial charge in [-0.25, -0.2) is 4.98 Å². The molecule has 3 rings (SSSR count). The number of nitrogens with zero attached hydrogens (tertiary/aromatic N) is 3. The van der Waals surface area contributed by atoms with Crippen molar-refractivity contribution in [3.8, 4) is 0 Å². The molecular formula is C17H27N3O2S. The van der Waals surface area contributed by atoms with E-state index in [1.165, 1.54) is 4.88 Å². The van der Waals surface area contributed by atoms with Crippen LogP contribution in [-0.2, 0) is 16.1 Å². The number of likely N-dealkylation sites (tertiary alicyclic amines) is 1. The monoisotopic (exact) mass is 337 g/mol. The number of rotatable bonds is 5. The fourth-order valence-electron chi connectivity index (χ4n) is 3.60. The quantitative estimate of drug-likeness (QED) is 0.826. The standard InChI is InChI=1S/C17H27N3O2S/c1-13-16(23-12-18-13)10-19(2)8-14-5-6-20(9-14)17(21)15-4-3-7-22-11-15/h12,14-15H,3-11H2,1-2H3/t14-,15+/m1/s1. The molecule has 6 heteroatoms. The zero-order chi connectivity index (χ0) is 16.2. The van der Waals surface area contributed by atoms with Crippen molar-refractivity contribution in [2.45, 2.75) is 32.7 Å². The predicted octanol–water partition coefficient (Wildman–Crippen LogP) is 2.16. The predicted molar refractivity (Wildman–Crippen MR) is 91.4 cm³/mol. The Morgan fingerprint density at radius 3 is 3.09 bits per heavy atom. The lowest BCUT2D eigenvalue weighted by molar-refractivity contribution is -0.138. The van der Waals surface area contributed by atoms with Crippen molar-refractivity contribution < 1.29 is 9.53 Å². The van der Waals surface area contributed by atoms with Crippen LogP contribution < -0.4 is 0 Å². The number of carbonyl (C=O) groups is 1. The van der Waals surface area contributed by atoms with Gasteiger partial charge >= 0.3 is 0 Å². The van der Waals surface area contributed by atoms with Crippen LogP contribution >= 0.6 is 11.3 Å². The first kappa shape index (κ1) is 16.9. The Morgan fingerprint density at radius 1 is 1.52 bits per heavy atom. The average Bonchev–Trinajstić information content (AvgIpc) is 3.17. The Bertz CT molecular complexity index is 528. The number of amides is 1. The molecule has 0 aromatic carbocycles. The van der Waals surface area contributed by atoms with E-state index in [0.29, 0.717) is 18.4 Å². The van der Waals surface area contributed by atoms with E-state index in [0.717, 1.165) is 57.7 Å². The Labute approximate surface area is 142 Å². The van der Waals surface area contributed by atoms with Crippen LogP contribution in [-0.4, -0.2) is 60.6 Å². The van der Waals surface area contributed by atoms with Gasteiger partial charge in [-0.05, 0) is 39.2 Å². The number of thiazole rings is 1. The summed E-state index contributed by atoms with van der Waals surface area (Å²) in [6.07, 6.45) is 3.13. The first-order chi connectivity index (χ1) is 11.1. The number of carbonyl (C=O) groups excluding carboxylic acids is 1. The molecule has 0 N–H and O–H groups in total. The number of hydrogen-bond acceptors (Lipinski definition) is 5. The molecule has 0 radical (unpaired) electrons. The molecule has 0 saturated carbocycles. The van der Waals surface area contributed by atoms with Gasteiger partial charge in [0.25, 0.3) is 0 Å². The zero-order valence-corrected chi connectivity index (χ0v) is 15.0. The minimum Gasteiger partial charge on any atom is -0.381 e. The Hall–Kier alpha value is -0.980. The molecule has 2 fully saturated rings. The van der Waals surface area contributed by atoms with E-state index in [1.807, 2.05) is 5.51 Å². The molecule has 2 saturated heterocycles. The van der Waals surface area contributed by atoms with Crippen LogP contribution in [0.4, 0.5) is 0 Å². The molecule has 1 aromatic heterocycles. The molecule has 23 heavy (non-hydrogen) atoms. The summed E-state index contributed by atoms with van der Waals surface area (Å²) in [7, 11) is 2.17. The molecule has 1 aromatic rings. The third-order valence-corrected chi connectivity index (χ3v) is 5.86. The van der Waals surface area contributed by atoms with E-state index >= 15 is 0 Å². The molecule has 0 bridgehead atoms. The Balaban J connectivity index is 1.45. The maximum Gasteiger partial charge on any atom is 0.228 e. The first-order valence-electron chi connectivity index (χ1n) is 8.57. The van der Waals surface area contributed by atoms with Crippen LogP contribution in [0.15, 0.2) is 5.51 Å². The van der Waals surface area contributed by atoms with Gasteiger partial charge in [0.2, 0.25) is 5.91 Å². The van der Waals surface area contributed by atoms with Crippen LogP contribution in [0.25, 0.3) is 0 Å². The van der Waals surface area contributed by atoms with Gasteiger partial charge in [0.1, 0.15) is 0 Å². The average molecular weight is 337 g/mol. The van der Waals surface area contributed by atoms with Gasteiger partial charge in [-0.2, -0.15) is 0 Å². The number of aryl methyl sites for hydroxylation is 1. The van der Waals surface area contributed by atoms with Gasteiger partial charge in [-0.3, -0.25) is 4.79 Å². The summed E-state index contributed by atoms with van der Waals surface area (Å²) in [5.74, 6) is 0.995. The number of ether oxygens (including phenoxy) is 1. The Kier molecular flexibility index (Phi) is 5.67. The van der Waals surface area contributed by atoms with E-state index in [-0.39, 0.29) is 5.92 Å². The maximum atomic E-state index is 12.6. The molecule has 0 unspecified atom stereocenters. The zero-order valence-electron chi connectivity index (χ0n) is 14.2. The van der Waals surface area contributed by atoms with Gasteiger partial charge in [0, 0.05) is 37.7 Å². The van der Waals surface area contributed by atoms with Gasteiger partial charge in [0.05, 0.1) is 23.7 Å². The van der Waals surface area contributed by atoms with E-state index < -0.39 is 0 Å². The highest BCUT2D eigenvalue weighted by Crippen LogP contribution is 2.23. The van der Waals surface area contributed by atoms with Crippen LogP contribution in [0.5, 0.6) is 0 Å². The first-order valence-corrected chi connectivity index (χ1v) is 9.45. The lowest BCUT2D eigenvalue weighted by Crippen LogP contribution is -2.38. The molecule has 0 spiro atoms. The minimum absolute atomic E-state index is 0.0973. The van der Waals surface area contributed by atoms with Crippen LogP contribution in [0.3, 0.4) is 0 Å². The molecule has 3 heterocycles. The van der Waals surface area contributed by atoms with Gasteiger partial charge in [0.15, 0.2) is 0 Å². The summed E-state index contributed by atoms with van der Waals surface area (Å²) >= 11 is 1.73. The second-order valence-electron chi connectivity index (χ2n) is 6.91. The molecule has 2 aliphatic heterocycles. The lowest BCUT2D eigenvalue weighted by atomic mass is 10.0. The lowest BCUT2D eigenvalue weighted by Gasteiger charge is -2.27. The highest BCUT2D eigenvalue weighted by atomic mass is 32.1. The summed E-state index contributed by atoms with van der Waals surface area (Å²) in [5.41, 5.74) is 3.06. The normalized spacial score (nSPS) is 25.3. The molecule has 2 aliphatic rings. The second kappa shape index (κ2) is 7.73. The minimum atomic E-state index is 0.0973. The molecule has 2 atom stereocenters. The fraction of sp³-hybridized carbons (Fsp3) is 0.765. The third-order valence-electron chi connectivity index (χ3n) is 4.94. The van der Waals surface area contributed by atoms with Crippen molar-refractivity contribution in [2.75, 3.05) is 39.9 Å². The molecular weight excluding hydrogens is 310 g/mol. The van der Waals surface area contributed by atoms with Crippen LogP contribution in [0.2, 0.25) is 0 Å².